The number of fused-ring (bicyclic) bond motifs is 1. The van der Waals surface area contributed by atoms with E-state index >= 15 is 0 Å². The Hall–Kier alpha value is -2.84. The molecule has 0 radical (unpaired) electrons. The van der Waals surface area contributed by atoms with Gasteiger partial charge in [0.05, 0.1) is 18.6 Å². The van der Waals surface area contributed by atoms with E-state index in [-0.39, 0.29) is 29.6 Å². The molecule has 2 amide bonds. The smallest absolute Gasteiger partial charge is 0.253 e. The number of halogens is 2. The first-order valence-electron chi connectivity index (χ1n) is 12.4. The number of amides is 2. The molecule has 3 aliphatic rings. The van der Waals surface area contributed by atoms with Crippen LogP contribution in [0.15, 0.2) is 48.5 Å². The van der Waals surface area contributed by atoms with E-state index in [0.29, 0.717) is 56.5 Å². The Morgan fingerprint density at radius 2 is 1.71 bits per heavy atom. The zero-order valence-electron chi connectivity index (χ0n) is 19.7. The van der Waals surface area contributed by atoms with Gasteiger partial charge in [-0.1, -0.05) is 18.2 Å². The molecule has 6 nitrogen and oxygen atoms in total. The molecule has 1 unspecified atom stereocenters. The Morgan fingerprint density at radius 3 is 2.37 bits per heavy atom. The molecule has 2 aromatic rings. The summed E-state index contributed by atoms with van der Waals surface area (Å²) in [5.41, 5.74) is 1.16. The third-order valence-corrected chi connectivity index (χ3v) is 7.52. The molecule has 3 saturated heterocycles. The number of carbonyl (C=O) groups excluding carboxylic acids is 2. The average molecular weight is 484 g/mol. The molecule has 5 rings (SSSR count). The third-order valence-electron chi connectivity index (χ3n) is 7.52. The van der Waals surface area contributed by atoms with E-state index in [1.165, 1.54) is 24.3 Å². The van der Waals surface area contributed by atoms with Gasteiger partial charge >= 0.3 is 0 Å². The highest BCUT2D eigenvalue weighted by Gasteiger charge is 2.41. The van der Waals surface area contributed by atoms with Crippen molar-refractivity contribution in [2.24, 2.45) is 17.8 Å². The molecule has 0 bridgehead atoms. The SMILES string of the molecule is O=C(N[C@@H](CCN1C[C@@H]2CN(C(=O)c3cccc(F)c3)C[C@@H]2C1)c1cccc(F)c1)C1CCOC1. The number of carbonyl (C=O) groups is 2. The standard InChI is InChI=1S/C27H31F2N3O3/c28-23-5-1-3-18(11-23)25(30-26(33)20-8-10-35-17-20)7-9-31-13-21-15-32(16-22(21)14-31)27(34)19-4-2-6-24(29)12-19/h1-6,11-12,20-22,25H,7-10,13-17H2,(H,30,33)/t20?,21-,22+,25-/m0/s1. The van der Waals surface area contributed by atoms with Gasteiger partial charge in [0, 0.05) is 44.9 Å². The van der Waals surface area contributed by atoms with Crippen LogP contribution < -0.4 is 5.32 Å². The molecule has 35 heavy (non-hydrogen) atoms. The summed E-state index contributed by atoms with van der Waals surface area (Å²) in [5.74, 6) is -0.266. The van der Waals surface area contributed by atoms with Gasteiger partial charge in [0.25, 0.3) is 5.91 Å². The van der Waals surface area contributed by atoms with Crippen LogP contribution in [0.5, 0.6) is 0 Å². The molecule has 1 N–H and O–H groups in total. The van der Waals surface area contributed by atoms with E-state index < -0.39 is 5.82 Å². The van der Waals surface area contributed by atoms with Crippen LogP contribution >= 0.6 is 0 Å². The van der Waals surface area contributed by atoms with Crippen molar-refractivity contribution in [1.29, 1.82) is 0 Å². The van der Waals surface area contributed by atoms with E-state index in [9.17, 15) is 18.4 Å². The highest BCUT2D eigenvalue weighted by atomic mass is 19.1. The number of hydrogen-bond acceptors (Lipinski definition) is 4. The van der Waals surface area contributed by atoms with E-state index in [4.69, 9.17) is 4.74 Å². The number of rotatable bonds is 7. The maximum Gasteiger partial charge on any atom is 0.253 e. The van der Waals surface area contributed by atoms with Crippen LogP contribution in [0.1, 0.15) is 34.8 Å². The van der Waals surface area contributed by atoms with Crippen LogP contribution in [0, 0.1) is 29.4 Å². The third kappa shape index (κ3) is 5.54. The van der Waals surface area contributed by atoms with Gasteiger partial charge in [-0.15, -0.1) is 0 Å². The quantitative estimate of drug-likeness (QED) is 0.657. The maximum atomic E-state index is 13.9. The first kappa shape index (κ1) is 23.9. The second-order valence-electron chi connectivity index (χ2n) is 9.97. The number of hydrogen-bond donors (Lipinski definition) is 1. The molecular weight excluding hydrogens is 452 g/mol. The lowest BCUT2D eigenvalue weighted by atomic mass is 10.0. The molecule has 3 fully saturated rings. The molecule has 3 heterocycles. The summed E-state index contributed by atoms with van der Waals surface area (Å²) < 4.78 is 32.8. The van der Waals surface area contributed by atoms with E-state index in [1.54, 1.807) is 18.2 Å². The minimum atomic E-state index is -0.401. The largest absolute Gasteiger partial charge is 0.381 e. The van der Waals surface area contributed by atoms with Crippen LogP contribution in [0.4, 0.5) is 8.78 Å². The average Bonchev–Trinajstić information content (AvgIpc) is 3.58. The lowest BCUT2D eigenvalue weighted by molar-refractivity contribution is -0.125. The van der Waals surface area contributed by atoms with E-state index in [1.807, 2.05) is 11.0 Å². The van der Waals surface area contributed by atoms with Crippen molar-refractivity contribution in [3.05, 3.63) is 71.3 Å². The van der Waals surface area contributed by atoms with Crippen molar-refractivity contribution in [2.45, 2.75) is 18.9 Å². The van der Waals surface area contributed by atoms with Crippen LogP contribution in [-0.2, 0) is 9.53 Å². The minimum Gasteiger partial charge on any atom is -0.381 e. The monoisotopic (exact) mass is 483 g/mol. The fourth-order valence-electron chi connectivity index (χ4n) is 5.63. The fourth-order valence-corrected chi connectivity index (χ4v) is 5.63. The molecule has 0 aliphatic carbocycles. The van der Waals surface area contributed by atoms with Crippen molar-refractivity contribution in [3.63, 3.8) is 0 Å². The van der Waals surface area contributed by atoms with Crippen LogP contribution in [0.25, 0.3) is 0 Å². The molecule has 0 saturated carbocycles. The molecule has 2 aromatic carbocycles. The van der Waals surface area contributed by atoms with Gasteiger partial charge in [-0.05, 0) is 60.6 Å². The first-order chi connectivity index (χ1) is 17.0. The van der Waals surface area contributed by atoms with Crippen LogP contribution in [0.2, 0.25) is 0 Å². The Morgan fingerprint density at radius 1 is 1.00 bits per heavy atom. The van der Waals surface area contributed by atoms with Crippen molar-refractivity contribution in [1.82, 2.24) is 15.1 Å². The summed E-state index contributed by atoms with van der Waals surface area (Å²) in [4.78, 5) is 29.7. The van der Waals surface area contributed by atoms with Gasteiger partial charge in [-0.25, -0.2) is 8.78 Å². The Bertz CT molecular complexity index is 1060. The zero-order valence-corrected chi connectivity index (χ0v) is 19.7. The topological polar surface area (TPSA) is 61.9 Å². The van der Waals surface area contributed by atoms with Gasteiger partial charge in [0.2, 0.25) is 5.91 Å². The number of likely N-dealkylation sites (tertiary alicyclic amines) is 2. The maximum absolute atomic E-state index is 13.9. The van der Waals surface area contributed by atoms with E-state index in [2.05, 4.69) is 10.2 Å². The predicted molar refractivity (Wildman–Crippen MR) is 127 cm³/mol. The summed E-state index contributed by atoms with van der Waals surface area (Å²) in [5, 5.41) is 3.13. The van der Waals surface area contributed by atoms with Gasteiger partial charge in [0.1, 0.15) is 11.6 Å². The lowest BCUT2D eigenvalue weighted by Gasteiger charge is -2.25. The number of nitrogens with one attached hydrogen (secondary N) is 1. The zero-order chi connectivity index (χ0) is 24.4. The molecular formula is C27H31F2N3O3. The summed E-state index contributed by atoms with van der Waals surface area (Å²) in [7, 11) is 0. The van der Waals surface area contributed by atoms with Crippen molar-refractivity contribution < 1.29 is 23.1 Å². The van der Waals surface area contributed by atoms with Crippen molar-refractivity contribution in [3.8, 4) is 0 Å². The van der Waals surface area contributed by atoms with Gasteiger partial charge < -0.3 is 19.9 Å². The van der Waals surface area contributed by atoms with Gasteiger partial charge in [0.15, 0.2) is 0 Å². The van der Waals surface area contributed by atoms with Crippen LogP contribution in [-0.4, -0.2) is 67.6 Å². The van der Waals surface area contributed by atoms with Crippen molar-refractivity contribution in [2.75, 3.05) is 45.9 Å². The number of nitrogens with zero attached hydrogens (tertiary/aromatic N) is 2. The summed E-state index contributed by atoms with van der Waals surface area (Å²) in [6.07, 6.45) is 1.39. The van der Waals surface area contributed by atoms with E-state index in [0.717, 1.165) is 25.2 Å². The Labute approximate surface area is 204 Å². The van der Waals surface area contributed by atoms with Gasteiger partial charge in [-0.2, -0.15) is 0 Å². The van der Waals surface area contributed by atoms with Crippen molar-refractivity contribution >= 4 is 11.8 Å². The normalized spacial score (nSPS) is 25.0. The highest BCUT2D eigenvalue weighted by molar-refractivity contribution is 5.94. The predicted octanol–water partition coefficient (Wildman–Crippen LogP) is 3.25. The summed E-state index contributed by atoms with van der Waals surface area (Å²) in [6, 6.07) is 12.0. The molecule has 186 valence electrons. The molecule has 4 atom stereocenters. The Kier molecular flexibility index (Phi) is 7.11. The number of benzene rings is 2. The summed E-state index contributed by atoms with van der Waals surface area (Å²) >= 11 is 0. The molecule has 0 spiro atoms. The lowest BCUT2D eigenvalue weighted by Crippen LogP contribution is -2.37. The minimum absolute atomic E-state index is 0.0402. The second kappa shape index (κ2) is 10.4. The first-order valence-corrected chi connectivity index (χ1v) is 12.4. The molecule has 3 aliphatic heterocycles. The highest BCUT2D eigenvalue weighted by Crippen LogP contribution is 2.33. The summed E-state index contributed by atoms with van der Waals surface area (Å²) in [6.45, 7) is 4.88. The van der Waals surface area contributed by atoms with Crippen LogP contribution in [0.3, 0.4) is 0 Å². The van der Waals surface area contributed by atoms with Gasteiger partial charge in [-0.3, -0.25) is 9.59 Å². The fraction of sp³-hybridized carbons (Fsp3) is 0.481. The Balaban J connectivity index is 1.17. The second-order valence-corrected chi connectivity index (χ2v) is 9.97. The molecule has 8 heteroatoms. The molecule has 0 aromatic heterocycles. The number of ether oxygens (including phenoxy) is 1.